The van der Waals surface area contributed by atoms with E-state index in [-0.39, 0.29) is 13.6 Å². The second kappa shape index (κ2) is 4.87. The molecule has 17 heavy (non-hydrogen) atoms. The van der Waals surface area contributed by atoms with Crippen LogP contribution in [-0.4, -0.2) is 27.3 Å². The lowest BCUT2D eigenvalue weighted by atomic mass is 10.1. The number of ether oxygens (including phenoxy) is 1. The van der Waals surface area contributed by atoms with Gasteiger partial charge in [0, 0.05) is 23.7 Å². The second-order valence-electron chi connectivity index (χ2n) is 4.48. The van der Waals surface area contributed by atoms with Gasteiger partial charge in [-0.2, -0.15) is 0 Å². The topological polar surface area (TPSA) is 55.4 Å². The molecule has 0 saturated carbocycles. The Morgan fingerprint density at radius 2 is 2.12 bits per heavy atom. The minimum Gasteiger partial charge on any atom is -0.445 e. The Bertz CT molecular complexity index is 430. The van der Waals surface area contributed by atoms with Crippen molar-refractivity contribution in [1.82, 2.24) is 5.32 Å². The standard InChI is InChI=1S/C12H15NO3S.H2/c1-12(8-17(15)9-12)13-11(14)16-7-10-5-3-2-4-6-10;/h2-6H,7-9H2,1H3,(H,13,14);1H. The summed E-state index contributed by atoms with van der Waals surface area (Å²) in [6.07, 6.45) is -0.451. The van der Waals surface area contributed by atoms with Crippen LogP contribution in [0.4, 0.5) is 4.79 Å². The minimum absolute atomic E-state index is 0. The van der Waals surface area contributed by atoms with Crippen LogP contribution in [0.15, 0.2) is 30.3 Å². The minimum atomic E-state index is -0.788. The molecule has 1 saturated heterocycles. The van der Waals surface area contributed by atoms with Gasteiger partial charge < -0.3 is 10.1 Å². The zero-order valence-electron chi connectivity index (χ0n) is 9.64. The molecule has 2 rings (SSSR count). The summed E-state index contributed by atoms with van der Waals surface area (Å²) in [6, 6.07) is 9.50. The Morgan fingerprint density at radius 1 is 1.47 bits per heavy atom. The van der Waals surface area contributed by atoms with E-state index in [1.165, 1.54) is 0 Å². The van der Waals surface area contributed by atoms with E-state index in [0.29, 0.717) is 11.5 Å². The van der Waals surface area contributed by atoms with E-state index in [4.69, 9.17) is 4.74 Å². The van der Waals surface area contributed by atoms with Gasteiger partial charge in [-0.25, -0.2) is 4.79 Å². The van der Waals surface area contributed by atoms with Gasteiger partial charge in [0.05, 0.1) is 5.54 Å². The number of hydrogen-bond acceptors (Lipinski definition) is 3. The van der Waals surface area contributed by atoms with Crippen molar-refractivity contribution in [3.8, 4) is 0 Å². The van der Waals surface area contributed by atoms with Crippen molar-refractivity contribution in [1.29, 1.82) is 0 Å². The Morgan fingerprint density at radius 3 is 2.71 bits per heavy atom. The third-order valence-electron chi connectivity index (χ3n) is 2.58. The summed E-state index contributed by atoms with van der Waals surface area (Å²) in [5.74, 6) is 1.01. The van der Waals surface area contributed by atoms with Crippen molar-refractivity contribution in [2.45, 2.75) is 19.1 Å². The first kappa shape index (κ1) is 12.1. The quantitative estimate of drug-likeness (QED) is 0.894. The third-order valence-corrected chi connectivity index (χ3v) is 4.49. The molecule has 1 fully saturated rings. The molecule has 0 atom stereocenters. The van der Waals surface area contributed by atoms with Crippen LogP contribution in [0.1, 0.15) is 13.9 Å². The van der Waals surface area contributed by atoms with Gasteiger partial charge >= 0.3 is 6.09 Å². The molecular weight excluding hydrogens is 238 g/mol. The van der Waals surface area contributed by atoms with Crippen molar-refractivity contribution >= 4 is 16.9 Å². The van der Waals surface area contributed by atoms with Crippen molar-refractivity contribution in [3.05, 3.63) is 35.9 Å². The number of rotatable bonds is 3. The number of amides is 1. The van der Waals surface area contributed by atoms with E-state index in [1.54, 1.807) is 0 Å². The number of nitrogens with one attached hydrogen (secondary N) is 1. The first-order chi connectivity index (χ1) is 8.07. The van der Waals surface area contributed by atoms with Crippen LogP contribution in [0.3, 0.4) is 0 Å². The highest BCUT2D eigenvalue weighted by molar-refractivity contribution is 7.86. The van der Waals surface area contributed by atoms with Crippen LogP contribution in [0, 0.1) is 0 Å². The number of alkyl carbamates (subject to hydrolysis) is 1. The Hall–Kier alpha value is -1.36. The maximum absolute atomic E-state index is 11.5. The van der Waals surface area contributed by atoms with Crippen LogP contribution in [-0.2, 0) is 22.1 Å². The molecule has 94 valence electrons. The Balaban J connectivity index is 0.00000162. The highest BCUT2D eigenvalue weighted by Gasteiger charge is 2.40. The molecule has 1 aliphatic heterocycles. The lowest BCUT2D eigenvalue weighted by Gasteiger charge is -2.37. The predicted octanol–water partition coefficient (Wildman–Crippen LogP) is 1.68. The predicted molar refractivity (Wildman–Crippen MR) is 68.2 cm³/mol. The zero-order valence-corrected chi connectivity index (χ0v) is 10.5. The van der Waals surface area contributed by atoms with Gasteiger partial charge in [0.2, 0.25) is 0 Å². The Labute approximate surface area is 104 Å². The smallest absolute Gasteiger partial charge is 0.407 e. The molecule has 1 N–H and O–H groups in total. The first-order valence-electron chi connectivity index (χ1n) is 5.41. The molecule has 1 heterocycles. The fraction of sp³-hybridized carbons (Fsp3) is 0.417. The van der Waals surface area contributed by atoms with E-state index >= 15 is 0 Å². The van der Waals surface area contributed by atoms with Crippen molar-refractivity contribution in [2.24, 2.45) is 0 Å². The average molecular weight is 255 g/mol. The molecule has 0 spiro atoms. The van der Waals surface area contributed by atoms with E-state index in [2.05, 4.69) is 5.32 Å². The molecule has 1 amide bonds. The SMILES string of the molecule is CC1(NC(=O)OCc2ccccc2)CS(=O)C1.[HH]. The van der Waals surface area contributed by atoms with E-state index in [9.17, 15) is 9.00 Å². The normalized spacial score (nSPS) is 27.0. The van der Waals surface area contributed by atoms with Crippen LogP contribution < -0.4 is 5.32 Å². The Kier molecular flexibility index (Phi) is 3.47. The third kappa shape index (κ3) is 3.30. The second-order valence-corrected chi connectivity index (χ2v) is 5.93. The lowest BCUT2D eigenvalue weighted by molar-refractivity contribution is 0.131. The van der Waals surface area contributed by atoms with Gasteiger partial charge in [0.1, 0.15) is 6.61 Å². The summed E-state index contributed by atoms with van der Waals surface area (Å²) in [6.45, 7) is 2.13. The van der Waals surface area contributed by atoms with E-state index in [0.717, 1.165) is 5.56 Å². The number of benzene rings is 1. The number of hydrogen-bond donors (Lipinski definition) is 1. The van der Waals surface area contributed by atoms with Crippen LogP contribution in [0.25, 0.3) is 0 Å². The first-order valence-corrected chi connectivity index (χ1v) is 6.90. The summed E-state index contributed by atoms with van der Waals surface area (Å²) in [4.78, 5) is 11.5. The van der Waals surface area contributed by atoms with E-state index < -0.39 is 16.9 Å². The molecule has 1 aliphatic rings. The molecule has 0 aliphatic carbocycles. The summed E-state index contributed by atoms with van der Waals surface area (Å²) >= 11 is 0. The highest BCUT2D eigenvalue weighted by atomic mass is 32.2. The van der Waals surface area contributed by atoms with Gasteiger partial charge in [-0.3, -0.25) is 4.21 Å². The molecule has 0 bridgehead atoms. The average Bonchev–Trinajstić information content (AvgIpc) is 2.26. The fourth-order valence-corrected chi connectivity index (χ4v) is 3.23. The molecule has 1 aromatic carbocycles. The highest BCUT2D eigenvalue weighted by Crippen LogP contribution is 2.19. The van der Waals surface area contributed by atoms with E-state index in [1.807, 2.05) is 37.3 Å². The molecule has 0 unspecified atom stereocenters. The molecular formula is C12H17NO3S. The van der Waals surface area contributed by atoms with Crippen molar-refractivity contribution < 1.29 is 15.2 Å². The molecule has 0 radical (unpaired) electrons. The zero-order chi connectivity index (χ0) is 12.3. The monoisotopic (exact) mass is 255 g/mol. The number of carbonyl (C=O) groups excluding carboxylic acids is 1. The number of carbonyl (C=O) groups is 1. The molecule has 5 heteroatoms. The van der Waals surface area contributed by atoms with Gasteiger partial charge in [0.15, 0.2) is 0 Å². The van der Waals surface area contributed by atoms with Crippen molar-refractivity contribution in [2.75, 3.05) is 11.5 Å². The van der Waals surface area contributed by atoms with Crippen LogP contribution in [0.5, 0.6) is 0 Å². The van der Waals surface area contributed by atoms with Crippen molar-refractivity contribution in [3.63, 3.8) is 0 Å². The van der Waals surface area contributed by atoms with Gasteiger partial charge in [-0.15, -0.1) is 0 Å². The maximum Gasteiger partial charge on any atom is 0.407 e. The maximum atomic E-state index is 11.5. The lowest BCUT2D eigenvalue weighted by Crippen LogP contribution is -2.61. The summed E-state index contributed by atoms with van der Waals surface area (Å²) in [7, 11) is -0.788. The molecule has 0 aromatic heterocycles. The largest absolute Gasteiger partial charge is 0.445 e. The molecule has 1 aromatic rings. The summed E-state index contributed by atoms with van der Waals surface area (Å²) in [5.41, 5.74) is 0.587. The molecule has 4 nitrogen and oxygen atoms in total. The van der Waals surface area contributed by atoms with Crippen LogP contribution in [0.2, 0.25) is 0 Å². The summed E-state index contributed by atoms with van der Waals surface area (Å²) < 4.78 is 16.1. The van der Waals surface area contributed by atoms with Gasteiger partial charge in [-0.05, 0) is 12.5 Å². The van der Waals surface area contributed by atoms with Crippen LogP contribution >= 0.6 is 0 Å². The fourth-order valence-electron chi connectivity index (χ4n) is 1.75. The summed E-state index contributed by atoms with van der Waals surface area (Å²) in [5, 5.41) is 2.74. The van der Waals surface area contributed by atoms with Gasteiger partial charge in [0.25, 0.3) is 0 Å². The van der Waals surface area contributed by atoms with Gasteiger partial charge in [-0.1, -0.05) is 30.3 Å².